The van der Waals surface area contributed by atoms with E-state index in [9.17, 15) is 0 Å². The van der Waals surface area contributed by atoms with E-state index >= 15 is 0 Å². The van der Waals surface area contributed by atoms with Crippen molar-refractivity contribution in [2.24, 2.45) is 12.8 Å². The molecule has 2 heterocycles. The van der Waals surface area contributed by atoms with Crippen LogP contribution in [0.4, 0.5) is 5.82 Å². The molecule has 2 N–H and O–H groups in total. The summed E-state index contributed by atoms with van der Waals surface area (Å²) in [5, 5.41) is 4.66. The number of aryl methyl sites for hydroxylation is 2. The molecule has 0 radical (unpaired) electrons. The highest BCUT2D eigenvalue weighted by Gasteiger charge is 2.27. The number of nitrogens with two attached hydrogens (primary N) is 1. The highest BCUT2D eigenvalue weighted by Crippen LogP contribution is 2.31. The second kappa shape index (κ2) is 6.61. The molecule has 0 amide bonds. The van der Waals surface area contributed by atoms with E-state index in [-0.39, 0.29) is 6.04 Å². The van der Waals surface area contributed by atoms with Gasteiger partial charge in [-0.3, -0.25) is 4.68 Å². The summed E-state index contributed by atoms with van der Waals surface area (Å²) in [6.07, 6.45) is 7.13. The first-order valence-corrected chi connectivity index (χ1v) is 8.13. The molecule has 0 aromatic carbocycles. The Morgan fingerprint density at radius 2 is 2.10 bits per heavy atom. The quantitative estimate of drug-likeness (QED) is 0.901. The summed E-state index contributed by atoms with van der Waals surface area (Å²) in [6.45, 7) is 7.73. The smallest absolute Gasteiger partial charge is 0.130 e. The third kappa shape index (κ3) is 3.00. The Labute approximate surface area is 123 Å². The van der Waals surface area contributed by atoms with E-state index in [1.807, 2.05) is 0 Å². The van der Waals surface area contributed by atoms with Gasteiger partial charge >= 0.3 is 0 Å². The average Bonchev–Trinajstić information content (AvgIpc) is 2.73. The molecule has 4 nitrogen and oxygen atoms in total. The van der Waals surface area contributed by atoms with Crippen molar-refractivity contribution in [2.75, 3.05) is 11.4 Å². The van der Waals surface area contributed by atoms with Crippen LogP contribution >= 0.6 is 0 Å². The topological polar surface area (TPSA) is 47.1 Å². The maximum Gasteiger partial charge on any atom is 0.130 e. The van der Waals surface area contributed by atoms with E-state index in [1.165, 1.54) is 37.1 Å². The standard InChI is InChI=1S/C16H30N4/c1-5-13(17)11-15-12(3)18-19(4)16(15)20-10-8-7-9-14(20)6-2/h13-14H,5-11,17H2,1-4H3. The predicted molar refractivity (Wildman–Crippen MR) is 85.2 cm³/mol. The highest BCUT2D eigenvalue weighted by molar-refractivity contribution is 5.52. The molecule has 1 saturated heterocycles. The summed E-state index contributed by atoms with van der Waals surface area (Å²) < 4.78 is 2.07. The maximum absolute atomic E-state index is 6.19. The highest BCUT2D eigenvalue weighted by atomic mass is 15.4. The molecule has 0 spiro atoms. The molecule has 1 fully saturated rings. The Morgan fingerprint density at radius 3 is 2.75 bits per heavy atom. The van der Waals surface area contributed by atoms with Gasteiger partial charge in [0.05, 0.1) is 5.69 Å². The van der Waals surface area contributed by atoms with Crippen molar-refractivity contribution in [1.82, 2.24) is 9.78 Å². The van der Waals surface area contributed by atoms with Crippen molar-refractivity contribution < 1.29 is 0 Å². The van der Waals surface area contributed by atoms with E-state index in [1.54, 1.807) is 0 Å². The van der Waals surface area contributed by atoms with E-state index in [4.69, 9.17) is 5.73 Å². The lowest BCUT2D eigenvalue weighted by molar-refractivity contribution is 0.439. The molecule has 1 aromatic heterocycles. The first-order valence-electron chi connectivity index (χ1n) is 8.13. The van der Waals surface area contributed by atoms with Crippen LogP contribution in [0.5, 0.6) is 0 Å². The van der Waals surface area contributed by atoms with Gasteiger partial charge in [-0.1, -0.05) is 13.8 Å². The van der Waals surface area contributed by atoms with Crippen LogP contribution in [-0.2, 0) is 13.5 Å². The Kier molecular flexibility index (Phi) is 5.08. The molecule has 2 unspecified atom stereocenters. The molecule has 4 heteroatoms. The fraction of sp³-hybridized carbons (Fsp3) is 0.812. The first-order chi connectivity index (χ1) is 9.58. The molecule has 2 atom stereocenters. The van der Waals surface area contributed by atoms with Crippen LogP contribution in [0.25, 0.3) is 0 Å². The van der Waals surface area contributed by atoms with Crippen LogP contribution < -0.4 is 10.6 Å². The Morgan fingerprint density at radius 1 is 1.35 bits per heavy atom. The lowest BCUT2D eigenvalue weighted by atomic mass is 9.98. The van der Waals surface area contributed by atoms with Crippen LogP contribution in [0.1, 0.15) is 57.2 Å². The largest absolute Gasteiger partial charge is 0.354 e. The lowest BCUT2D eigenvalue weighted by Gasteiger charge is -2.37. The Balaban J connectivity index is 2.33. The number of nitrogens with zero attached hydrogens (tertiary/aromatic N) is 3. The minimum atomic E-state index is 0.238. The van der Waals surface area contributed by atoms with Gasteiger partial charge in [-0.2, -0.15) is 5.10 Å². The summed E-state index contributed by atoms with van der Waals surface area (Å²) >= 11 is 0. The van der Waals surface area contributed by atoms with Crippen LogP contribution in [0.2, 0.25) is 0 Å². The molecule has 114 valence electrons. The molecule has 0 saturated carbocycles. The van der Waals surface area contributed by atoms with Gasteiger partial charge in [-0.05, 0) is 45.4 Å². The molecule has 0 bridgehead atoms. The fourth-order valence-electron chi connectivity index (χ4n) is 3.40. The first kappa shape index (κ1) is 15.4. The minimum absolute atomic E-state index is 0.238. The van der Waals surface area contributed by atoms with Gasteiger partial charge in [0.2, 0.25) is 0 Å². The van der Waals surface area contributed by atoms with Gasteiger partial charge in [0.15, 0.2) is 0 Å². The number of hydrogen-bond donors (Lipinski definition) is 1. The van der Waals surface area contributed by atoms with Crippen LogP contribution in [-0.4, -0.2) is 28.4 Å². The van der Waals surface area contributed by atoms with Crippen LogP contribution in [0.3, 0.4) is 0 Å². The van der Waals surface area contributed by atoms with Crippen molar-refractivity contribution in [3.8, 4) is 0 Å². The van der Waals surface area contributed by atoms with Gasteiger partial charge in [-0.15, -0.1) is 0 Å². The molecule has 1 aliphatic rings. The second-order valence-electron chi connectivity index (χ2n) is 6.13. The van der Waals surface area contributed by atoms with Gasteiger partial charge in [0, 0.05) is 31.2 Å². The van der Waals surface area contributed by atoms with E-state index in [0.717, 1.165) is 25.1 Å². The normalized spacial score (nSPS) is 21.2. The van der Waals surface area contributed by atoms with Crippen molar-refractivity contribution in [2.45, 2.75) is 71.4 Å². The third-order valence-electron chi connectivity index (χ3n) is 4.67. The number of anilines is 1. The van der Waals surface area contributed by atoms with E-state index in [2.05, 4.69) is 42.5 Å². The molecule has 20 heavy (non-hydrogen) atoms. The Hall–Kier alpha value is -1.03. The zero-order chi connectivity index (χ0) is 14.7. The third-order valence-corrected chi connectivity index (χ3v) is 4.67. The van der Waals surface area contributed by atoms with Crippen LogP contribution in [0.15, 0.2) is 0 Å². The predicted octanol–water partition coefficient (Wildman–Crippen LogP) is 2.78. The van der Waals surface area contributed by atoms with Crippen molar-refractivity contribution in [1.29, 1.82) is 0 Å². The van der Waals surface area contributed by atoms with Crippen molar-refractivity contribution in [3.05, 3.63) is 11.3 Å². The number of piperidine rings is 1. The summed E-state index contributed by atoms with van der Waals surface area (Å²) in [7, 11) is 2.07. The summed E-state index contributed by atoms with van der Waals surface area (Å²) in [6, 6.07) is 0.900. The van der Waals surface area contributed by atoms with Gasteiger partial charge in [-0.25, -0.2) is 0 Å². The molecule has 2 rings (SSSR count). The van der Waals surface area contributed by atoms with Crippen molar-refractivity contribution in [3.63, 3.8) is 0 Å². The fourth-order valence-corrected chi connectivity index (χ4v) is 3.40. The Bertz CT molecular complexity index is 438. The zero-order valence-corrected chi connectivity index (χ0v) is 13.5. The molecule has 0 aliphatic carbocycles. The number of rotatable bonds is 5. The zero-order valence-electron chi connectivity index (χ0n) is 13.5. The SMILES string of the molecule is CCC(N)Cc1c(C)nn(C)c1N1CCCCC1CC. The number of aromatic nitrogens is 2. The lowest BCUT2D eigenvalue weighted by Crippen LogP contribution is -2.41. The molecular formula is C16H30N4. The maximum atomic E-state index is 6.19. The summed E-state index contributed by atoms with van der Waals surface area (Å²) in [5.74, 6) is 1.32. The summed E-state index contributed by atoms with van der Waals surface area (Å²) in [4.78, 5) is 2.58. The van der Waals surface area contributed by atoms with Crippen molar-refractivity contribution >= 4 is 5.82 Å². The molecular weight excluding hydrogens is 248 g/mol. The average molecular weight is 278 g/mol. The minimum Gasteiger partial charge on any atom is -0.354 e. The second-order valence-corrected chi connectivity index (χ2v) is 6.13. The molecule has 1 aromatic rings. The monoisotopic (exact) mass is 278 g/mol. The number of hydrogen-bond acceptors (Lipinski definition) is 3. The van der Waals surface area contributed by atoms with Crippen LogP contribution in [0, 0.1) is 6.92 Å². The summed E-state index contributed by atoms with van der Waals surface area (Å²) in [5.41, 5.74) is 8.70. The van der Waals surface area contributed by atoms with Gasteiger partial charge in [0.25, 0.3) is 0 Å². The molecule has 1 aliphatic heterocycles. The van der Waals surface area contributed by atoms with Gasteiger partial charge in [0.1, 0.15) is 5.82 Å². The van der Waals surface area contributed by atoms with Gasteiger partial charge < -0.3 is 10.6 Å². The van der Waals surface area contributed by atoms with E-state index in [0.29, 0.717) is 6.04 Å². The van der Waals surface area contributed by atoms with E-state index < -0.39 is 0 Å².